The van der Waals surface area contributed by atoms with Gasteiger partial charge in [-0.3, -0.25) is 9.59 Å². The minimum Gasteiger partial charge on any atom is -0.497 e. The SMILES string of the molecule is COc1ccc(C(=O)Cl)cc1.COc1ccc(C(=O)N2CCN(c3nc(Cc4cccc(OC)c4)ns3)CC2)cc1.COc1cccc(Cc2nsc(N3CCNCC3)n2)c1. The molecule has 17 heteroatoms. The van der Waals surface area contributed by atoms with Crippen molar-refractivity contribution < 1.29 is 28.5 Å². The molecule has 320 valence electrons. The summed E-state index contributed by atoms with van der Waals surface area (Å²) in [7, 11) is 6.53. The van der Waals surface area contributed by atoms with E-state index in [1.165, 1.54) is 28.6 Å². The van der Waals surface area contributed by atoms with Crippen molar-refractivity contribution in [2.24, 2.45) is 0 Å². The molecule has 2 saturated heterocycles. The zero-order chi connectivity index (χ0) is 43.0. The number of carbonyl (C=O) groups is 2. The molecule has 0 atom stereocenters. The van der Waals surface area contributed by atoms with Gasteiger partial charge in [0.05, 0.1) is 28.4 Å². The maximum absolute atomic E-state index is 12.7. The summed E-state index contributed by atoms with van der Waals surface area (Å²) in [5.74, 6) is 4.91. The molecule has 0 bridgehead atoms. The second-order valence-corrected chi connectivity index (χ2v) is 15.6. The molecular weight excluding hydrogens is 836 g/mol. The summed E-state index contributed by atoms with van der Waals surface area (Å²) in [5.41, 5.74) is 3.45. The molecule has 0 saturated carbocycles. The van der Waals surface area contributed by atoms with Gasteiger partial charge in [-0.05, 0) is 95.5 Å². The van der Waals surface area contributed by atoms with Gasteiger partial charge in [-0.15, -0.1) is 0 Å². The molecule has 2 aromatic heterocycles. The minimum absolute atomic E-state index is 0.0493. The van der Waals surface area contributed by atoms with E-state index in [4.69, 9.17) is 35.5 Å². The molecule has 0 spiro atoms. The van der Waals surface area contributed by atoms with E-state index in [1.807, 2.05) is 71.6 Å². The number of ether oxygens (including phenoxy) is 4. The van der Waals surface area contributed by atoms with Gasteiger partial charge in [0.15, 0.2) is 0 Å². The molecule has 2 aliphatic rings. The maximum atomic E-state index is 12.7. The molecule has 8 rings (SSSR count). The molecule has 2 aliphatic heterocycles. The number of anilines is 2. The maximum Gasteiger partial charge on any atom is 0.253 e. The molecule has 6 aromatic rings. The summed E-state index contributed by atoms with van der Waals surface area (Å²) in [5, 5.41) is 4.83. The predicted octanol–water partition coefficient (Wildman–Crippen LogP) is 6.73. The Kier molecular flexibility index (Phi) is 16.6. The van der Waals surface area contributed by atoms with Gasteiger partial charge in [0.25, 0.3) is 11.1 Å². The number of rotatable bonds is 12. The summed E-state index contributed by atoms with van der Waals surface area (Å²) in [6.07, 6.45) is 1.42. The average molecular weight is 886 g/mol. The van der Waals surface area contributed by atoms with Crippen LogP contribution in [0.4, 0.5) is 10.3 Å². The standard InChI is InChI=1S/C22H24N4O3S.C14H18N4OS.C8H7ClO2/c1-28-18-8-6-17(7-9-18)21(27)25-10-12-26(13-11-25)22-23-20(24-30-22)15-16-4-3-5-19(14-16)29-2;1-19-12-4-2-3-11(9-12)10-13-16-14(20-17-13)18-7-5-15-6-8-18;1-11-7-4-2-6(3-5-7)8(9)10/h3-9,14H,10-13,15H2,1-2H3;2-4,9,15H,5-8,10H2,1H3;2-5H,1H3. The summed E-state index contributed by atoms with van der Waals surface area (Å²) >= 11 is 8.12. The highest BCUT2D eigenvalue weighted by atomic mass is 35.5. The van der Waals surface area contributed by atoms with E-state index < -0.39 is 5.24 Å². The number of hydrogen-bond donors (Lipinski definition) is 1. The van der Waals surface area contributed by atoms with E-state index in [9.17, 15) is 9.59 Å². The van der Waals surface area contributed by atoms with Crippen LogP contribution in [0.25, 0.3) is 0 Å². The fourth-order valence-corrected chi connectivity index (χ4v) is 8.01. The molecular formula is C44H49ClN8O6S2. The lowest BCUT2D eigenvalue weighted by Gasteiger charge is -2.34. The third-order valence-corrected chi connectivity index (χ3v) is 11.6. The van der Waals surface area contributed by atoms with Gasteiger partial charge < -0.3 is 39.0 Å². The largest absolute Gasteiger partial charge is 0.497 e. The van der Waals surface area contributed by atoms with E-state index in [-0.39, 0.29) is 5.91 Å². The summed E-state index contributed by atoms with van der Waals surface area (Å²) in [6, 6.07) is 29.9. The van der Waals surface area contributed by atoms with E-state index >= 15 is 0 Å². The number of hydrogen-bond acceptors (Lipinski definition) is 15. The normalized spacial score (nSPS) is 13.6. The molecule has 14 nitrogen and oxygen atoms in total. The van der Waals surface area contributed by atoms with Crippen LogP contribution in [0, 0.1) is 0 Å². The molecule has 1 amide bonds. The van der Waals surface area contributed by atoms with Crippen LogP contribution in [0.2, 0.25) is 0 Å². The van der Waals surface area contributed by atoms with Crippen molar-refractivity contribution in [3.8, 4) is 23.0 Å². The number of amides is 1. The lowest BCUT2D eigenvalue weighted by Crippen LogP contribution is -2.48. The van der Waals surface area contributed by atoms with Crippen LogP contribution in [0.3, 0.4) is 0 Å². The van der Waals surface area contributed by atoms with Crippen LogP contribution in [-0.4, -0.2) is 116 Å². The van der Waals surface area contributed by atoms with Gasteiger partial charge in [0, 0.05) is 99.4 Å². The van der Waals surface area contributed by atoms with Gasteiger partial charge in [-0.1, -0.05) is 24.3 Å². The van der Waals surface area contributed by atoms with Crippen molar-refractivity contribution >= 4 is 56.1 Å². The van der Waals surface area contributed by atoms with E-state index in [0.29, 0.717) is 36.4 Å². The van der Waals surface area contributed by atoms with Crippen LogP contribution >= 0.6 is 34.7 Å². The highest BCUT2D eigenvalue weighted by Crippen LogP contribution is 2.24. The van der Waals surface area contributed by atoms with Crippen LogP contribution < -0.4 is 34.1 Å². The third-order valence-electron chi connectivity index (χ3n) is 9.79. The van der Waals surface area contributed by atoms with E-state index in [1.54, 1.807) is 52.7 Å². The predicted molar refractivity (Wildman–Crippen MR) is 241 cm³/mol. The fraction of sp³-hybridized carbons (Fsp3) is 0.318. The highest BCUT2D eigenvalue weighted by molar-refractivity contribution is 7.10. The second kappa shape index (κ2) is 22.7. The summed E-state index contributed by atoms with van der Waals surface area (Å²) in [6.45, 7) is 6.87. The smallest absolute Gasteiger partial charge is 0.253 e. The minimum atomic E-state index is -0.451. The first-order valence-electron chi connectivity index (χ1n) is 19.6. The van der Waals surface area contributed by atoms with Gasteiger partial charge >= 0.3 is 0 Å². The summed E-state index contributed by atoms with van der Waals surface area (Å²) < 4.78 is 29.6. The summed E-state index contributed by atoms with van der Waals surface area (Å²) in [4.78, 5) is 39.0. The first-order valence-corrected chi connectivity index (χ1v) is 21.6. The lowest BCUT2D eigenvalue weighted by atomic mass is 10.1. The van der Waals surface area contributed by atoms with Crippen LogP contribution in [-0.2, 0) is 12.8 Å². The number of piperazine rings is 2. The van der Waals surface area contributed by atoms with E-state index in [2.05, 4.69) is 34.9 Å². The Morgan fingerprint density at radius 3 is 1.48 bits per heavy atom. The number of benzene rings is 4. The topological polar surface area (TPSA) is 144 Å². The van der Waals surface area contributed by atoms with E-state index in [0.717, 1.165) is 90.4 Å². The quantitative estimate of drug-likeness (QED) is 0.130. The Balaban J connectivity index is 0.000000172. The molecule has 61 heavy (non-hydrogen) atoms. The van der Waals surface area contributed by atoms with Crippen molar-refractivity contribution in [2.75, 3.05) is 90.6 Å². The number of halogens is 1. The number of carbonyl (C=O) groups excluding carboxylic acids is 2. The Morgan fingerprint density at radius 2 is 1.03 bits per heavy atom. The van der Waals surface area contributed by atoms with Crippen LogP contribution in [0.5, 0.6) is 23.0 Å². The van der Waals surface area contributed by atoms with Crippen molar-refractivity contribution in [3.63, 3.8) is 0 Å². The van der Waals surface area contributed by atoms with Gasteiger partial charge in [0.1, 0.15) is 34.6 Å². The van der Waals surface area contributed by atoms with Crippen LogP contribution in [0.1, 0.15) is 43.5 Å². The molecule has 2 fully saturated rings. The molecule has 4 aromatic carbocycles. The van der Waals surface area contributed by atoms with Crippen molar-refractivity contribution in [3.05, 3.63) is 131 Å². The number of aromatic nitrogens is 4. The monoisotopic (exact) mass is 884 g/mol. The molecule has 4 heterocycles. The number of nitrogens with zero attached hydrogens (tertiary/aromatic N) is 7. The number of methoxy groups -OCH3 is 4. The number of nitrogens with one attached hydrogen (secondary N) is 1. The Hall–Kier alpha value is -5.81. The molecule has 0 radical (unpaired) electrons. The zero-order valence-electron chi connectivity index (χ0n) is 34.6. The lowest BCUT2D eigenvalue weighted by molar-refractivity contribution is 0.0746. The van der Waals surface area contributed by atoms with Crippen molar-refractivity contribution in [2.45, 2.75) is 12.8 Å². The average Bonchev–Trinajstić information content (AvgIpc) is 4.00. The first-order chi connectivity index (χ1) is 29.7. The Morgan fingerprint density at radius 1 is 0.590 bits per heavy atom. The first kappa shape index (κ1) is 44.7. The van der Waals surface area contributed by atoms with Crippen LogP contribution in [0.15, 0.2) is 97.1 Å². The second-order valence-electron chi connectivity index (χ2n) is 13.8. The Bertz CT molecular complexity index is 2300. The van der Waals surface area contributed by atoms with Crippen molar-refractivity contribution in [1.82, 2.24) is 28.9 Å². The molecule has 0 aliphatic carbocycles. The zero-order valence-corrected chi connectivity index (χ0v) is 37.0. The van der Waals surface area contributed by atoms with Gasteiger partial charge in [0.2, 0.25) is 10.3 Å². The highest BCUT2D eigenvalue weighted by Gasteiger charge is 2.24. The van der Waals surface area contributed by atoms with Crippen molar-refractivity contribution in [1.29, 1.82) is 0 Å². The molecule has 0 unspecified atom stereocenters. The molecule has 1 N–H and O–H groups in total. The fourth-order valence-electron chi connectivity index (χ4n) is 6.42. The van der Waals surface area contributed by atoms with Gasteiger partial charge in [-0.25, -0.2) is 9.97 Å². The van der Waals surface area contributed by atoms with Gasteiger partial charge in [-0.2, -0.15) is 8.75 Å². The Labute approximate surface area is 369 Å². The third kappa shape index (κ3) is 13.1.